The summed E-state index contributed by atoms with van der Waals surface area (Å²) in [6.07, 6.45) is 3.68. The number of rotatable bonds is 6. The molecule has 0 atom stereocenters. The van der Waals surface area contributed by atoms with Crippen LogP contribution < -0.4 is 15.8 Å². The van der Waals surface area contributed by atoms with Crippen LogP contribution in [-0.2, 0) is 6.54 Å². The van der Waals surface area contributed by atoms with Gasteiger partial charge in [-0.15, -0.1) is 11.3 Å². The molecule has 7 nitrogen and oxygen atoms in total. The molecule has 1 aliphatic rings. The number of pyridine rings is 2. The zero-order valence-corrected chi connectivity index (χ0v) is 18.2. The minimum absolute atomic E-state index is 0.0377. The van der Waals surface area contributed by atoms with E-state index in [9.17, 15) is 9.59 Å². The molecule has 8 heteroatoms. The molecule has 4 heterocycles. The van der Waals surface area contributed by atoms with Crippen molar-refractivity contribution in [2.75, 3.05) is 43.4 Å². The second-order valence-corrected chi connectivity index (χ2v) is 8.36. The number of anilines is 2. The van der Waals surface area contributed by atoms with E-state index in [1.807, 2.05) is 34.5 Å². The zero-order chi connectivity index (χ0) is 21.1. The van der Waals surface area contributed by atoms with E-state index in [-0.39, 0.29) is 11.5 Å². The van der Waals surface area contributed by atoms with E-state index in [1.165, 1.54) is 11.3 Å². The summed E-state index contributed by atoms with van der Waals surface area (Å²) in [6, 6.07) is 7.72. The molecule has 1 saturated heterocycles. The van der Waals surface area contributed by atoms with Crippen molar-refractivity contribution in [3.8, 4) is 0 Å². The molecule has 1 fully saturated rings. The molecule has 30 heavy (non-hydrogen) atoms. The summed E-state index contributed by atoms with van der Waals surface area (Å²) in [5.41, 5.74) is 2.18. The van der Waals surface area contributed by atoms with Gasteiger partial charge in [-0.25, -0.2) is 4.98 Å². The maximum absolute atomic E-state index is 13.3. The van der Waals surface area contributed by atoms with E-state index >= 15 is 0 Å². The molecule has 3 aromatic rings. The fraction of sp³-hybridized carbons (Fsp3) is 0.409. The number of hydrogen-bond donors (Lipinski definition) is 1. The van der Waals surface area contributed by atoms with Gasteiger partial charge in [0.1, 0.15) is 11.3 Å². The smallest absolute Gasteiger partial charge is 0.277 e. The Labute approximate surface area is 179 Å². The van der Waals surface area contributed by atoms with Crippen molar-refractivity contribution in [2.24, 2.45) is 0 Å². The van der Waals surface area contributed by atoms with Gasteiger partial charge in [-0.2, -0.15) is 0 Å². The minimum Gasteiger partial charge on any atom is -0.382 e. The number of nitrogens with zero attached hydrogens (tertiary/aromatic N) is 4. The summed E-state index contributed by atoms with van der Waals surface area (Å²) in [4.78, 5) is 35.4. The van der Waals surface area contributed by atoms with Gasteiger partial charge in [0.15, 0.2) is 0 Å². The third kappa shape index (κ3) is 3.67. The Kier molecular flexibility index (Phi) is 6.03. The first-order chi connectivity index (χ1) is 14.7. The van der Waals surface area contributed by atoms with Crippen molar-refractivity contribution in [1.29, 1.82) is 0 Å². The number of nitrogens with one attached hydrogen (secondary N) is 1. The van der Waals surface area contributed by atoms with Gasteiger partial charge < -0.3 is 15.1 Å². The van der Waals surface area contributed by atoms with Crippen molar-refractivity contribution < 1.29 is 4.79 Å². The van der Waals surface area contributed by atoms with Gasteiger partial charge in [-0.3, -0.25) is 14.2 Å². The second kappa shape index (κ2) is 8.87. The molecule has 1 N–H and O–H groups in total. The molecule has 1 amide bonds. The average molecular weight is 426 g/mol. The van der Waals surface area contributed by atoms with Crippen molar-refractivity contribution in [2.45, 2.75) is 26.3 Å². The molecule has 0 radical (unpaired) electrons. The van der Waals surface area contributed by atoms with Crippen molar-refractivity contribution in [1.82, 2.24) is 14.5 Å². The van der Waals surface area contributed by atoms with Crippen LogP contribution in [0.3, 0.4) is 0 Å². The van der Waals surface area contributed by atoms with Crippen LogP contribution in [-0.4, -0.2) is 53.6 Å². The molecule has 158 valence electrons. The number of hydrogen-bond acceptors (Lipinski definition) is 6. The van der Waals surface area contributed by atoms with E-state index in [2.05, 4.69) is 22.1 Å². The number of aromatic nitrogens is 2. The molecule has 0 aliphatic carbocycles. The van der Waals surface area contributed by atoms with E-state index in [1.54, 1.807) is 17.8 Å². The lowest BCUT2D eigenvalue weighted by Crippen LogP contribution is -2.49. The first-order valence-corrected chi connectivity index (χ1v) is 11.3. The molecule has 0 saturated carbocycles. The molecular formula is C22H27N5O2S. The average Bonchev–Trinajstić information content (AvgIpc) is 3.32. The van der Waals surface area contributed by atoms with Crippen LogP contribution in [0.5, 0.6) is 0 Å². The third-order valence-electron chi connectivity index (χ3n) is 5.59. The number of aryl methyl sites for hydroxylation is 1. The lowest BCUT2D eigenvalue weighted by molar-refractivity contribution is 0.0752. The summed E-state index contributed by atoms with van der Waals surface area (Å²) in [5, 5.41) is 6.04. The normalized spacial score (nSPS) is 14.3. The Balaban J connectivity index is 1.68. The van der Waals surface area contributed by atoms with E-state index < -0.39 is 0 Å². The van der Waals surface area contributed by atoms with Gasteiger partial charge in [-0.05, 0) is 30.0 Å². The first kappa shape index (κ1) is 20.4. The summed E-state index contributed by atoms with van der Waals surface area (Å²) < 4.78 is 1.78. The number of carbonyl (C=O) groups is 1. The predicted octanol–water partition coefficient (Wildman–Crippen LogP) is 3.26. The van der Waals surface area contributed by atoms with Crippen LogP contribution in [0, 0.1) is 0 Å². The van der Waals surface area contributed by atoms with Gasteiger partial charge in [0.2, 0.25) is 0 Å². The Hall–Kier alpha value is -2.87. The summed E-state index contributed by atoms with van der Waals surface area (Å²) in [6.45, 7) is 5.37. The molecular weight excluding hydrogens is 398 g/mol. The molecule has 1 aliphatic heterocycles. The number of amides is 1. The van der Waals surface area contributed by atoms with Crippen LogP contribution in [0.1, 0.15) is 29.4 Å². The Morgan fingerprint density at radius 3 is 2.67 bits per heavy atom. The Morgan fingerprint density at radius 2 is 2.00 bits per heavy atom. The fourth-order valence-electron chi connectivity index (χ4n) is 4.03. The molecule has 0 unspecified atom stereocenters. The topological polar surface area (TPSA) is 70.5 Å². The van der Waals surface area contributed by atoms with Gasteiger partial charge in [0.05, 0.1) is 10.6 Å². The number of fused-ring (bicyclic) bond motifs is 1. The van der Waals surface area contributed by atoms with Crippen LogP contribution in [0.15, 0.2) is 40.6 Å². The van der Waals surface area contributed by atoms with E-state index in [0.29, 0.717) is 38.4 Å². The highest BCUT2D eigenvalue weighted by Crippen LogP contribution is 2.32. The molecule has 4 rings (SSSR count). The predicted molar refractivity (Wildman–Crippen MR) is 123 cm³/mol. The maximum Gasteiger partial charge on any atom is 0.277 e. The van der Waals surface area contributed by atoms with E-state index in [4.69, 9.17) is 0 Å². The number of piperazine rings is 1. The highest BCUT2D eigenvalue weighted by atomic mass is 32.1. The third-order valence-corrected chi connectivity index (χ3v) is 6.45. The zero-order valence-electron chi connectivity index (χ0n) is 17.4. The first-order valence-electron chi connectivity index (χ1n) is 10.4. The molecule has 3 aromatic heterocycles. The highest BCUT2D eigenvalue weighted by molar-refractivity contribution is 7.12. The largest absolute Gasteiger partial charge is 0.382 e. The van der Waals surface area contributed by atoms with E-state index in [0.717, 1.165) is 34.4 Å². The monoisotopic (exact) mass is 425 g/mol. The maximum atomic E-state index is 13.3. The van der Waals surface area contributed by atoms with Crippen molar-refractivity contribution in [3.05, 3.63) is 51.1 Å². The van der Waals surface area contributed by atoms with Crippen LogP contribution in [0.25, 0.3) is 11.0 Å². The van der Waals surface area contributed by atoms with Gasteiger partial charge in [-0.1, -0.05) is 19.4 Å². The molecule has 0 aromatic carbocycles. The fourth-order valence-corrected chi connectivity index (χ4v) is 4.72. The van der Waals surface area contributed by atoms with Crippen LogP contribution in [0.2, 0.25) is 0 Å². The Morgan fingerprint density at radius 1 is 1.20 bits per heavy atom. The quantitative estimate of drug-likeness (QED) is 0.656. The standard InChI is InChI=1S/C22H27N5O2S/c1-3-4-10-27-20-16(7-5-9-24-20)19(18(23-2)22(27)29)25-11-13-26(14-12-25)21(28)17-8-6-15-30-17/h5-9,15,23H,3-4,10-14H2,1-2H3. The summed E-state index contributed by atoms with van der Waals surface area (Å²) >= 11 is 1.47. The number of thiophene rings is 1. The highest BCUT2D eigenvalue weighted by Gasteiger charge is 2.27. The lowest BCUT2D eigenvalue weighted by Gasteiger charge is -2.37. The summed E-state index contributed by atoms with van der Waals surface area (Å²) in [7, 11) is 1.79. The number of carbonyl (C=O) groups excluding carboxylic acids is 1. The molecule has 0 spiro atoms. The van der Waals surface area contributed by atoms with Gasteiger partial charge in [0, 0.05) is 51.4 Å². The Bertz CT molecular complexity index is 1080. The summed E-state index contributed by atoms with van der Waals surface area (Å²) in [5.74, 6) is 0.0833. The van der Waals surface area contributed by atoms with Crippen LogP contribution in [0.4, 0.5) is 11.4 Å². The number of unbranched alkanes of at least 4 members (excludes halogenated alkanes) is 1. The SMILES string of the molecule is CCCCn1c(=O)c(NC)c(N2CCN(C(=O)c3cccs3)CC2)c2cccnc21. The van der Waals surface area contributed by atoms with Gasteiger partial charge >= 0.3 is 0 Å². The van der Waals surface area contributed by atoms with Crippen molar-refractivity contribution in [3.63, 3.8) is 0 Å². The van der Waals surface area contributed by atoms with Gasteiger partial charge in [0.25, 0.3) is 11.5 Å². The minimum atomic E-state index is -0.0377. The lowest BCUT2D eigenvalue weighted by atomic mass is 10.1. The van der Waals surface area contributed by atoms with Crippen molar-refractivity contribution >= 4 is 39.7 Å². The molecule has 0 bridgehead atoms. The van der Waals surface area contributed by atoms with Crippen LogP contribution >= 0.6 is 11.3 Å². The second-order valence-electron chi connectivity index (χ2n) is 7.42.